The monoisotopic (exact) mass is 626 g/mol. The van der Waals surface area contributed by atoms with Crippen LogP contribution in [0.3, 0.4) is 0 Å². The van der Waals surface area contributed by atoms with E-state index >= 15 is 4.39 Å². The molecule has 1 aromatic heterocycles. The maximum atomic E-state index is 15.0. The predicted octanol–water partition coefficient (Wildman–Crippen LogP) is 5.83. The molecular weight excluding hydrogens is 594 g/mol. The van der Waals surface area contributed by atoms with Crippen LogP contribution in [0.4, 0.5) is 19.3 Å². The number of carbonyl (C=O) groups is 1. The van der Waals surface area contributed by atoms with Crippen LogP contribution in [0.15, 0.2) is 66.9 Å². The van der Waals surface area contributed by atoms with Gasteiger partial charge in [-0.1, -0.05) is 12.1 Å². The molecule has 0 bridgehead atoms. The van der Waals surface area contributed by atoms with Crippen molar-refractivity contribution in [2.24, 2.45) is 0 Å². The fraction of sp³-hybridized carbons (Fsp3) is 0.290. The summed E-state index contributed by atoms with van der Waals surface area (Å²) in [6.07, 6.45) is 4.90. The van der Waals surface area contributed by atoms with Crippen molar-refractivity contribution in [1.82, 2.24) is 14.6 Å². The molecule has 232 valence electrons. The van der Waals surface area contributed by atoms with Crippen LogP contribution in [-0.4, -0.2) is 57.7 Å². The summed E-state index contributed by atoms with van der Waals surface area (Å²) in [6.45, 7) is 3.77. The van der Waals surface area contributed by atoms with Gasteiger partial charge in [0, 0.05) is 35.9 Å². The first-order valence-electron chi connectivity index (χ1n) is 14.0. The largest absolute Gasteiger partial charge is 0.493 e. The lowest BCUT2D eigenvalue weighted by molar-refractivity contribution is 0.254. The third-order valence-corrected chi connectivity index (χ3v) is 8.20. The number of fused-ring (bicyclic) bond motifs is 1. The summed E-state index contributed by atoms with van der Waals surface area (Å²) in [5.74, 6) is -0.638. The van der Waals surface area contributed by atoms with Crippen LogP contribution in [-0.2, 0) is 15.8 Å². The molecule has 2 amide bonds. The Morgan fingerprint density at radius 1 is 0.955 bits per heavy atom. The minimum Gasteiger partial charge on any atom is -0.493 e. The number of hydrogen-bond donors (Lipinski definition) is 2. The van der Waals surface area contributed by atoms with Gasteiger partial charge in [0.05, 0.1) is 25.0 Å². The van der Waals surface area contributed by atoms with Crippen molar-refractivity contribution in [3.8, 4) is 23.0 Å². The molecule has 2 N–H and O–H groups in total. The van der Waals surface area contributed by atoms with Crippen molar-refractivity contribution in [3.05, 3.63) is 84.1 Å². The van der Waals surface area contributed by atoms with Crippen molar-refractivity contribution in [2.45, 2.75) is 25.0 Å². The quantitative estimate of drug-likeness (QED) is 0.189. The highest BCUT2D eigenvalue weighted by molar-refractivity contribution is 7.89. The van der Waals surface area contributed by atoms with E-state index in [0.717, 1.165) is 44.3 Å². The third-order valence-electron chi connectivity index (χ3n) is 6.99. The molecule has 1 fully saturated rings. The Morgan fingerprint density at radius 3 is 2.45 bits per heavy atom. The number of aromatic nitrogens is 1. The first-order chi connectivity index (χ1) is 21.2. The molecule has 0 saturated carbocycles. The molecule has 44 heavy (non-hydrogen) atoms. The standard InChI is InChI=1S/C31H32F2N4O6S/c1-41-29-18-24-26(19-30(29)42-16-4-15-37-13-2-3-14-37)34-12-11-27(24)43-28-10-9-23(17-25(28)33)35-31(38)36-44(39,40)20-21-5-7-22(32)8-6-21/h5-12,17-19H,2-4,13-16,20H2,1H3,(H2,35,36,38). The topological polar surface area (TPSA) is 119 Å². The number of carbonyl (C=O) groups excluding carboxylic acids is 1. The molecule has 10 nitrogen and oxygen atoms in total. The van der Waals surface area contributed by atoms with Crippen molar-refractivity contribution in [2.75, 3.05) is 38.7 Å². The van der Waals surface area contributed by atoms with E-state index in [1.54, 1.807) is 18.2 Å². The first kappa shape index (κ1) is 31.0. The summed E-state index contributed by atoms with van der Waals surface area (Å²) in [5.41, 5.74) is 0.851. The fourth-order valence-electron chi connectivity index (χ4n) is 4.88. The van der Waals surface area contributed by atoms with Crippen LogP contribution in [0.25, 0.3) is 10.9 Å². The van der Waals surface area contributed by atoms with E-state index in [9.17, 15) is 17.6 Å². The number of halogens is 2. The van der Waals surface area contributed by atoms with Gasteiger partial charge in [0.2, 0.25) is 10.0 Å². The number of amides is 2. The van der Waals surface area contributed by atoms with Crippen LogP contribution >= 0.6 is 0 Å². The molecule has 5 rings (SSSR count). The molecule has 4 aromatic rings. The van der Waals surface area contributed by atoms with Gasteiger partial charge in [0.1, 0.15) is 11.6 Å². The second-order valence-corrected chi connectivity index (χ2v) is 12.0. The number of benzene rings is 3. The van der Waals surface area contributed by atoms with E-state index in [1.807, 2.05) is 4.72 Å². The number of anilines is 1. The minimum atomic E-state index is -4.10. The number of likely N-dealkylation sites (tertiary alicyclic amines) is 1. The average molecular weight is 627 g/mol. The number of sulfonamides is 1. The molecule has 0 atom stereocenters. The molecule has 13 heteroatoms. The number of urea groups is 1. The number of ether oxygens (including phenoxy) is 3. The minimum absolute atomic E-state index is 0.00268. The number of nitrogens with zero attached hydrogens (tertiary/aromatic N) is 2. The zero-order chi connectivity index (χ0) is 31.1. The normalized spacial score (nSPS) is 13.5. The zero-order valence-corrected chi connectivity index (χ0v) is 24.8. The maximum Gasteiger partial charge on any atom is 0.332 e. The summed E-state index contributed by atoms with van der Waals surface area (Å²) in [4.78, 5) is 19.1. The summed E-state index contributed by atoms with van der Waals surface area (Å²) >= 11 is 0. The summed E-state index contributed by atoms with van der Waals surface area (Å²) in [7, 11) is -2.56. The molecule has 0 unspecified atom stereocenters. The van der Waals surface area contributed by atoms with Gasteiger partial charge in [0.15, 0.2) is 23.1 Å². The van der Waals surface area contributed by atoms with Gasteiger partial charge in [-0.25, -0.2) is 26.7 Å². The highest BCUT2D eigenvalue weighted by Gasteiger charge is 2.18. The summed E-state index contributed by atoms with van der Waals surface area (Å²) in [5, 5.41) is 2.86. The van der Waals surface area contributed by atoms with Gasteiger partial charge < -0.3 is 24.4 Å². The molecule has 2 heterocycles. The SMILES string of the molecule is COc1cc2c(Oc3ccc(NC(=O)NS(=O)(=O)Cc4ccc(F)cc4)cc3F)ccnc2cc1OCCCN1CCCC1. The summed E-state index contributed by atoms with van der Waals surface area (Å²) < 4.78 is 72.0. The number of hydrogen-bond acceptors (Lipinski definition) is 8. The lowest BCUT2D eigenvalue weighted by Crippen LogP contribution is -2.35. The van der Waals surface area contributed by atoms with Crippen LogP contribution in [0.2, 0.25) is 0 Å². The smallest absolute Gasteiger partial charge is 0.332 e. The van der Waals surface area contributed by atoms with Gasteiger partial charge in [0.25, 0.3) is 0 Å². The van der Waals surface area contributed by atoms with Crippen molar-refractivity contribution in [3.63, 3.8) is 0 Å². The molecule has 1 saturated heterocycles. The van der Waals surface area contributed by atoms with Crippen molar-refractivity contribution in [1.29, 1.82) is 0 Å². The van der Waals surface area contributed by atoms with E-state index in [4.69, 9.17) is 14.2 Å². The van der Waals surface area contributed by atoms with Gasteiger partial charge in [-0.15, -0.1) is 0 Å². The number of rotatable bonds is 12. The van der Waals surface area contributed by atoms with Crippen LogP contribution in [0.5, 0.6) is 23.0 Å². The van der Waals surface area contributed by atoms with E-state index in [1.165, 1.54) is 50.4 Å². The first-order valence-corrected chi connectivity index (χ1v) is 15.7. The third kappa shape index (κ3) is 8.11. The number of nitrogens with one attached hydrogen (secondary N) is 2. The second kappa shape index (κ2) is 13.9. The number of methoxy groups -OCH3 is 1. The Hall–Kier alpha value is -4.49. The predicted molar refractivity (Wildman–Crippen MR) is 162 cm³/mol. The van der Waals surface area contributed by atoms with Crippen LogP contribution in [0.1, 0.15) is 24.8 Å². The Bertz CT molecular complexity index is 1730. The van der Waals surface area contributed by atoms with E-state index in [2.05, 4.69) is 15.2 Å². The highest BCUT2D eigenvalue weighted by Crippen LogP contribution is 2.38. The maximum absolute atomic E-state index is 15.0. The Morgan fingerprint density at radius 2 is 1.73 bits per heavy atom. The van der Waals surface area contributed by atoms with Gasteiger partial charge in [-0.3, -0.25) is 4.98 Å². The average Bonchev–Trinajstić information content (AvgIpc) is 3.51. The van der Waals surface area contributed by atoms with Gasteiger partial charge in [-0.2, -0.15) is 0 Å². The summed E-state index contributed by atoms with van der Waals surface area (Å²) in [6, 6.07) is 12.5. The Balaban J connectivity index is 1.22. The van der Waals surface area contributed by atoms with Crippen molar-refractivity contribution >= 4 is 32.6 Å². The van der Waals surface area contributed by atoms with E-state index < -0.39 is 33.4 Å². The second-order valence-electron chi connectivity index (χ2n) is 10.3. The highest BCUT2D eigenvalue weighted by atomic mass is 32.2. The Kier molecular flexibility index (Phi) is 9.75. The fourth-order valence-corrected chi connectivity index (χ4v) is 5.92. The van der Waals surface area contributed by atoms with Gasteiger partial charge in [-0.05, 0) is 74.3 Å². The van der Waals surface area contributed by atoms with E-state index in [-0.39, 0.29) is 17.0 Å². The van der Waals surface area contributed by atoms with Gasteiger partial charge >= 0.3 is 6.03 Å². The molecule has 1 aliphatic heterocycles. The Labute approximate surface area is 254 Å². The molecule has 0 radical (unpaired) electrons. The van der Waals surface area contributed by atoms with E-state index in [0.29, 0.717) is 34.8 Å². The lowest BCUT2D eigenvalue weighted by Gasteiger charge is -2.16. The van der Waals surface area contributed by atoms with Crippen molar-refractivity contribution < 1.29 is 36.2 Å². The number of pyridine rings is 1. The molecular formula is C31H32F2N4O6S. The molecule has 3 aromatic carbocycles. The molecule has 0 spiro atoms. The molecule has 1 aliphatic rings. The van der Waals surface area contributed by atoms with Crippen LogP contribution in [0, 0.1) is 11.6 Å². The van der Waals surface area contributed by atoms with Crippen LogP contribution < -0.4 is 24.2 Å². The lowest BCUT2D eigenvalue weighted by atomic mass is 10.1. The zero-order valence-electron chi connectivity index (χ0n) is 24.0. The molecule has 0 aliphatic carbocycles.